The molecule has 1 aliphatic heterocycles. The zero-order valence-electron chi connectivity index (χ0n) is 17.0. The van der Waals surface area contributed by atoms with Gasteiger partial charge >= 0.3 is 0 Å². The van der Waals surface area contributed by atoms with Gasteiger partial charge in [0.25, 0.3) is 5.91 Å². The first kappa shape index (κ1) is 20.1. The van der Waals surface area contributed by atoms with Gasteiger partial charge < -0.3 is 9.64 Å². The van der Waals surface area contributed by atoms with Crippen LogP contribution in [0.5, 0.6) is 5.75 Å². The van der Waals surface area contributed by atoms with Crippen molar-refractivity contribution in [2.75, 3.05) is 33.3 Å². The fourth-order valence-electron chi connectivity index (χ4n) is 3.76. The van der Waals surface area contributed by atoms with Crippen LogP contribution in [-0.4, -0.2) is 58.8 Å². The van der Waals surface area contributed by atoms with Gasteiger partial charge in [0.15, 0.2) is 0 Å². The number of halogens is 1. The highest BCUT2D eigenvalue weighted by molar-refractivity contribution is 5.94. The largest absolute Gasteiger partial charge is 0.496 e. The molecule has 30 heavy (non-hydrogen) atoms. The van der Waals surface area contributed by atoms with Gasteiger partial charge in [0, 0.05) is 61.8 Å². The summed E-state index contributed by atoms with van der Waals surface area (Å²) in [6, 6.07) is 14.2. The number of piperazine rings is 1. The van der Waals surface area contributed by atoms with E-state index in [9.17, 15) is 9.18 Å². The molecule has 1 amide bonds. The lowest BCUT2D eigenvalue weighted by atomic mass is 10.1. The number of amides is 1. The SMILES string of the molecule is COc1ccc(C(=O)N2CCN(Cc3ccccc3F)CC2)cc1Cn1cccn1. The molecule has 7 heteroatoms. The number of ether oxygens (including phenoxy) is 1. The molecule has 156 valence electrons. The van der Waals surface area contributed by atoms with E-state index in [0.29, 0.717) is 37.3 Å². The van der Waals surface area contributed by atoms with E-state index in [1.54, 1.807) is 30.1 Å². The molecule has 0 unspecified atom stereocenters. The van der Waals surface area contributed by atoms with E-state index in [-0.39, 0.29) is 11.7 Å². The molecule has 6 nitrogen and oxygen atoms in total. The second kappa shape index (κ2) is 9.09. The van der Waals surface area contributed by atoms with Crippen LogP contribution in [0.3, 0.4) is 0 Å². The summed E-state index contributed by atoms with van der Waals surface area (Å²) in [4.78, 5) is 17.1. The molecule has 0 N–H and O–H groups in total. The van der Waals surface area contributed by atoms with Crippen LogP contribution in [0.15, 0.2) is 60.9 Å². The Kier molecular flexibility index (Phi) is 6.09. The monoisotopic (exact) mass is 408 g/mol. The van der Waals surface area contributed by atoms with Crippen molar-refractivity contribution in [3.8, 4) is 5.75 Å². The van der Waals surface area contributed by atoms with Crippen molar-refractivity contribution in [3.05, 3.63) is 83.4 Å². The number of carbonyl (C=O) groups is 1. The van der Waals surface area contributed by atoms with Crippen molar-refractivity contribution in [3.63, 3.8) is 0 Å². The van der Waals surface area contributed by atoms with E-state index in [1.165, 1.54) is 6.07 Å². The maximum absolute atomic E-state index is 13.9. The predicted octanol–water partition coefficient (Wildman–Crippen LogP) is 3.04. The fourth-order valence-corrected chi connectivity index (χ4v) is 3.76. The lowest BCUT2D eigenvalue weighted by Crippen LogP contribution is -2.48. The second-order valence-electron chi connectivity index (χ2n) is 7.39. The van der Waals surface area contributed by atoms with Crippen LogP contribution in [-0.2, 0) is 13.1 Å². The smallest absolute Gasteiger partial charge is 0.253 e. The minimum absolute atomic E-state index is 0.00455. The summed E-state index contributed by atoms with van der Waals surface area (Å²) in [6.07, 6.45) is 3.60. The topological polar surface area (TPSA) is 50.6 Å². The van der Waals surface area contributed by atoms with E-state index < -0.39 is 0 Å². The van der Waals surface area contributed by atoms with Crippen molar-refractivity contribution in [2.24, 2.45) is 0 Å². The average Bonchev–Trinajstić information content (AvgIpc) is 3.28. The molecule has 4 rings (SSSR count). The maximum Gasteiger partial charge on any atom is 0.253 e. The number of aromatic nitrogens is 2. The van der Waals surface area contributed by atoms with Crippen molar-refractivity contribution in [1.29, 1.82) is 0 Å². The van der Waals surface area contributed by atoms with Gasteiger partial charge in [-0.15, -0.1) is 0 Å². The number of methoxy groups -OCH3 is 1. The molecular formula is C23H25FN4O2. The van der Waals surface area contributed by atoms with Crippen LogP contribution in [0.4, 0.5) is 4.39 Å². The summed E-state index contributed by atoms with van der Waals surface area (Å²) in [6.45, 7) is 3.77. The zero-order chi connectivity index (χ0) is 20.9. The van der Waals surface area contributed by atoms with Gasteiger partial charge in [-0.3, -0.25) is 14.4 Å². The van der Waals surface area contributed by atoms with Crippen LogP contribution >= 0.6 is 0 Å². The van der Waals surface area contributed by atoms with Gasteiger partial charge in [0.1, 0.15) is 11.6 Å². The molecule has 0 saturated carbocycles. The molecular weight excluding hydrogens is 383 g/mol. The first-order chi connectivity index (χ1) is 14.6. The molecule has 1 fully saturated rings. The fraction of sp³-hybridized carbons (Fsp3) is 0.304. The van der Waals surface area contributed by atoms with Gasteiger partial charge in [-0.05, 0) is 30.3 Å². The third-order valence-electron chi connectivity index (χ3n) is 5.43. The van der Waals surface area contributed by atoms with Crippen molar-refractivity contribution in [1.82, 2.24) is 19.6 Å². The lowest BCUT2D eigenvalue weighted by Gasteiger charge is -2.35. The van der Waals surface area contributed by atoms with Gasteiger partial charge in [0.2, 0.25) is 0 Å². The Labute approximate surface area is 175 Å². The third-order valence-corrected chi connectivity index (χ3v) is 5.43. The standard InChI is InChI=1S/C23H25FN4O2/c1-30-22-8-7-18(15-20(22)17-28-10-4-9-25-28)23(29)27-13-11-26(12-14-27)16-19-5-2-3-6-21(19)24/h2-10,15H,11-14,16-17H2,1H3. The first-order valence-electron chi connectivity index (χ1n) is 10.0. The second-order valence-corrected chi connectivity index (χ2v) is 7.39. The molecule has 0 bridgehead atoms. The van der Waals surface area contributed by atoms with Crippen molar-refractivity contribution < 1.29 is 13.9 Å². The summed E-state index contributed by atoms with van der Waals surface area (Å²) >= 11 is 0. The van der Waals surface area contributed by atoms with E-state index in [2.05, 4.69) is 10.00 Å². The summed E-state index contributed by atoms with van der Waals surface area (Å²) < 4.78 is 21.1. The number of hydrogen-bond donors (Lipinski definition) is 0. The molecule has 2 heterocycles. The molecule has 0 radical (unpaired) electrons. The van der Waals surface area contributed by atoms with Crippen molar-refractivity contribution in [2.45, 2.75) is 13.1 Å². The summed E-state index contributed by atoms with van der Waals surface area (Å²) in [5.74, 6) is 0.556. The highest BCUT2D eigenvalue weighted by Crippen LogP contribution is 2.22. The highest BCUT2D eigenvalue weighted by atomic mass is 19.1. The first-order valence-corrected chi connectivity index (χ1v) is 10.0. The molecule has 0 atom stereocenters. The van der Waals surface area contributed by atoms with E-state index in [4.69, 9.17) is 4.74 Å². The normalized spacial score (nSPS) is 14.7. The van der Waals surface area contributed by atoms with E-state index in [0.717, 1.165) is 24.4 Å². The molecule has 1 aromatic heterocycles. The Hall–Kier alpha value is -3.19. The quantitative estimate of drug-likeness (QED) is 0.629. The van der Waals surface area contributed by atoms with Gasteiger partial charge in [-0.1, -0.05) is 18.2 Å². The number of hydrogen-bond acceptors (Lipinski definition) is 4. The Morgan fingerprint density at radius 2 is 1.83 bits per heavy atom. The van der Waals surface area contributed by atoms with Crippen LogP contribution in [0.2, 0.25) is 0 Å². The molecule has 2 aromatic carbocycles. The molecule has 0 aliphatic carbocycles. The van der Waals surface area contributed by atoms with E-state index >= 15 is 0 Å². The van der Waals surface area contributed by atoms with Crippen LogP contribution in [0.25, 0.3) is 0 Å². The maximum atomic E-state index is 13.9. The van der Waals surface area contributed by atoms with Crippen LogP contribution in [0.1, 0.15) is 21.5 Å². The number of nitrogens with zero attached hydrogens (tertiary/aromatic N) is 4. The molecule has 3 aromatic rings. The Morgan fingerprint density at radius 3 is 2.53 bits per heavy atom. The number of benzene rings is 2. The van der Waals surface area contributed by atoms with Gasteiger partial charge in [0.05, 0.1) is 13.7 Å². The van der Waals surface area contributed by atoms with Crippen LogP contribution < -0.4 is 4.74 Å². The Balaban J connectivity index is 1.41. The summed E-state index contributed by atoms with van der Waals surface area (Å²) in [7, 11) is 1.62. The Bertz CT molecular complexity index is 998. The van der Waals surface area contributed by atoms with Crippen molar-refractivity contribution >= 4 is 5.91 Å². The van der Waals surface area contributed by atoms with Crippen LogP contribution in [0, 0.1) is 5.82 Å². The highest BCUT2D eigenvalue weighted by Gasteiger charge is 2.23. The molecule has 0 spiro atoms. The lowest BCUT2D eigenvalue weighted by molar-refractivity contribution is 0.0627. The molecule has 1 saturated heterocycles. The zero-order valence-corrected chi connectivity index (χ0v) is 17.0. The summed E-state index contributed by atoms with van der Waals surface area (Å²) in [5, 5.41) is 4.23. The molecule has 1 aliphatic rings. The Morgan fingerprint density at radius 1 is 1.03 bits per heavy atom. The predicted molar refractivity (Wildman–Crippen MR) is 112 cm³/mol. The average molecular weight is 408 g/mol. The van der Waals surface area contributed by atoms with Gasteiger partial charge in [-0.2, -0.15) is 5.10 Å². The number of rotatable bonds is 6. The number of carbonyl (C=O) groups excluding carboxylic acids is 1. The minimum atomic E-state index is -0.182. The third kappa shape index (κ3) is 4.52. The van der Waals surface area contributed by atoms with Gasteiger partial charge in [-0.25, -0.2) is 4.39 Å². The summed E-state index contributed by atoms with van der Waals surface area (Å²) in [5.41, 5.74) is 2.24. The minimum Gasteiger partial charge on any atom is -0.496 e. The van der Waals surface area contributed by atoms with E-state index in [1.807, 2.05) is 41.4 Å².